The van der Waals surface area contributed by atoms with Gasteiger partial charge in [-0.2, -0.15) is 0 Å². The molecule has 0 saturated carbocycles. The molecule has 0 unspecified atom stereocenters. The summed E-state index contributed by atoms with van der Waals surface area (Å²) in [5.74, 6) is 0.560. The highest BCUT2D eigenvalue weighted by Crippen LogP contribution is 2.25. The lowest BCUT2D eigenvalue weighted by Crippen LogP contribution is -2.37. The van der Waals surface area contributed by atoms with E-state index in [9.17, 15) is 13.2 Å². The van der Waals surface area contributed by atoms with Crippen molar-refractivity contribution in [2.24, 2.45) is 0 Å². The largest absolute Gasteiger partial charge is 0.497 e. The standard InChI is InChI=1S/C17H17ClN2O4S/c1-24-15-6-4-14(5-7-15)20-11-13(10-17(20)21)19-25(22,23)16-8-2-12(18)3-9-16/h2-9,13,19H,10-11H2,1H3/t13-/m1/s1. The van der Waals surface area contributed by atoms with Crippen LogP contribution < -0.4 is 14.4 Å². The Balaban J connectivity index is 1.72. The van der Waals surface area contributed by atoms with Gasteiger partial charge in [-0.05, 0) is 48.5 Å². The van der Waals surface area contributed by atoms with Crippen LogP contribution in [0.1, 0.15) is 6.42 Å². The Morgan fingerprint density at radius 1 is 1.12 bits per heavy atom. The van der Waals surface area contributed by atoms with Crippen LogP contribution in [-0.4, -0.2) is 34.0 Å². The number of methoxy groups -OCH3 is 1. The van der Waals surface area contributed by atoms with Crippen LogP contribution in [0.15, 0.2) is 53.4 Å². The molecule has 6 nitrogen and oxygen atoms in total. The minimum absolute atomic E-state index is 0.110. The molecular weight excluding hydrogens is 364 g/mol. The highest BCUT2D eigenvalue weighted by Gasteiger charge is 2.33. The van der Waals surface area contributed by atoms with Gasteiger partial charge in [0.2, 0.25) is 15.9 Å². The van der Waals surface area contributed by atoms with Gasteiger partial charge in [-0.15, -0.1) is 0 Å². The molecule has 3 rings (SSSR count). The molecule has 1 aliphatic heterocycles. The van der Waals surface area contributed by atoms with Gasteiger partial charge in [-0.3, -0.25) is 4.79 Å². The molecule has 0 aromatic heterocycles. The molecule has 132 valence electrons. The number of nitrogens with one attached hydrogen (secondary N) is 1. The lowest BCUT2D eigenvalue weighted by molar-refractivity contribution is -0.117. The fourth-order valence-corrected chi connectivity index (χ4v) is 4.05. The van der Waals surface area contributed by atoms with Crippen LogP contribution in [0.25, 0.3) is 0 Å². The molecule has 25 heavy (non-hydrogen) atoms. The Morgan fingerprint density at radius 2 is 1.76 bits per heavy atom. The average Bonchev–Trinajstić information content (AvgIpc) is 2.95. The fourth-order valence-electron chi connectivity index (χ4n) is 2.70. The lowest BCUT2D eigenvalue weighted by atomic mass is 10.3. The van der Waals surface area contributed by atoms with Crippen LogP contribution in [0, 0.1) is 0 Å². The molecule has 1 fully saturated rings. The van der Waals surface area contributed by atoms with Crippen LogP contribution in [0.3, 0.4) is 0 Å². The van der Waals surface area contributed by atoms with Gasteiger partial charge >= 0.3 is 0 Å². The summed E-state index contributed by atoms with van der Waals surface area (Å²) >= 11 is 5.78. The van der Waals surface area contributed by atoms with Crippen LogP contribution in [0.2, 0.25) is 5.02 Å². The summed E-state index contributed by atoms with van der Waals surface area (Å²) in [6, 6.07) is 12.5. The number of hydrogen-bond acceptors (Lipinski definition) is 4. The number of amides is 1. The molecule has 1 heterocycles. The summed E-state index contributed by atoms with van der Waals surface area (Å²) in [6.45, 7) is 0.276. The minimum Gasteiger partial charge on any atom is -0.497 e. The van der Waals surface area contributed by atoms with Gasteiger partial charge in [0, 0.05) is 29.7 Å². The predicted molar refractivity (Wildman–Crippen MR) is 95.5 cm³/mol. The molecule has 1 N–H and O–H groups in total. The van der Waals surface area contributed by atoms with E-state index in [1.165, 1.54) is 24.3 Å². The summed E-state index contributed by atoms with van der Waals surface area (Å²) in [4.78, 5) is 13.9. The van der Waals surface area contributed by atoms with Crippen molar-refractivity contribution >= 4 is 33.2 Å². The summed E-state index contributed by atoms with van der Waals surface area (Å²) in [5.41, 5.74) is 0.707. The van der Waals surface area contributed by atoms with Crippen LogP contribution in [-0.2, 0) is 14.8 Å². The molecule has 1 atom stereocenters. The first-order valence-corrected chi connectivity index (χ1v) is 9.47. The number of anilines is 1. The maximum Gasteiger partial charge on any atom is 0.240 e. The summed E-state index contributed by atoms with van der Waals surface area (Å²) < 4.78 is 32.5. The molecule has 8 heteroatoms. The topological polar surface area (TPSA) is 75.7 Å². The molecule has 1 amide bonds. The van der Waals surface area contributed by atoms with E-state index >= 15 is 0 Å². The molecule has 1 saturated heterocycles. The van der Waals surface area contributed by atoms with Crippen molar-refractivity contribution in [2.75, 3.05) is 18.6 Å². The van der Waals surface area contributed by atoms with E-state index < -0.39 is 16.1 Å². The molecule has 0 spiro atoms. The first-order valence-electron chi connectivity index (χ1n) is 7.61. The fraction of sp³-hybridized carbons (Fsp3) is 0.235. The third kappa shape index (κ3) is 3.95. The van der Waals surface area contributed by atoms with Gasteiger partial charge < -0.3 is 9.64 Å². The van der Waals surface area contributed by atoms with Crippen LogP contribution in [0.5, 0.6) is 5.75 Å². The lowest BCUT2D eigenvalue weighted by Gasteiger charge is -2.17. The zero-order valence-corrected chi connectivity index (χ0v) is 15.0. The third-order valence-corrected chi connectivity index (χ3v) is 5.74. The van der Waals surface area contributed by atoms with Crippen molar-refractivity contribution in [3.05, 3.63) is 53.6 Å². The molecule has 2 aromatic rings. The van der Waals surface area contributed by atoms with Gasteiger partial charge in [-0.1, -0.05) is 11.6 Å². The second-order valence-corrected chi connectivity index (χ2v) is 7.83. The van der Waals surface area contributed by atoms with E-state index in [0.717, 1.165) is 0 Å². The molecule has 0 aliphatic carbocycles. The van der Waals surface area contributed by atoms with Gasteiger partial charge in [0.15, 0.2) is 0 Å². The van der Waals surface area contributed by atoms with Gasteiger partial charge in [0.05, 0.1) is 12.0 Å². The Kier molecular flexibility index (Phi) is 4.99. The normalized spacial score (nSPS) is 17.8. The SMILES string of the molecule is COc1ccc(N2C[C@H](NS(=O)(=O)c3ccc(Cl)cc3)CC2=O)cc1. The first kappa shape index (κ1) is 17.7. The monoisotopic (exact) mass is 380 g/mol. The highest BCUT2D eigenvalue weighted by molar-refractivity contribution is 7.89. The van der Waals surface area contributed by atoms with E-state index in [4.69, 9.17) is 16.3 Å². The smallest absolute Gasteiger partial charge is 0.240 e. The van der Waals surface area contributed by atoms with Crippen molar-refractivity contribution in [3.8, 4) is 5.75 Å². The van der Waals surface area contributed by atoms with Gasteiger partial charge in [0.1, 0.15) is 5.75 Å². The molecular formula is C17H17ClN2O4S. The minimum atomic E-state index is -3.71. The Bertz CT molecular complexity index is 867. The second kappa shape index (κ2) is 7.03. The van der Waals surface area contributed by atoms with Crippen LogP contribution in [0.4, 0.5) is 5.69 Å². The number of nitrogens with zero attached hydrogens (tertiary/aromatic N) is 1. The number of sulfonamides is 1. The van der Waals surface area contributed by atoms with Crippen molar-refractivity contribution in [1.82, 2.24) is 4.72 Å². The number of hydrogen-bond donors (Lipinski definition) is 1. The number of halogens is 1. The maximum atomic E-state index is 12.4. The Morgan fingerprint density at radius 3 is 2.36 bits per heavy atom. The highest BCUT2D eigenvalue weighted by atomic mass is 35.5. The quantitative estimate of drug-likeness (QED) is 0.864. The zero-order chi connectivity index (χ0) is 18.0. The summed E-state index contributed by atoms with van der Waals surface area (Å²) in [5, 5.41) is 0.459. The first-order chi connectivity index (χ1) is 11.9. The predicted octanol–water partition coefficient (Wildman–Crippen LogP) is 2.43. The Hall–Kier alpha value is -2.09. The van der Waals surface area contributed by atoms with Crippen LogP contribution >= 0.6 is 11.6 Å². The van der Waals surface area contributed by atoms with Crippen molar-refractivity contribution < 1.29 is 17.9 Å². The molecule has 2 aromatic carbocycles. The van der Waals surface area contributed by atoms with E-state index in [2.05, 4.69) is 4.72 Å². The van der Waals surface area contributed by atoms with Crippen molar-refractivity contribution in [1.29, 1.82) is 0 Å². The average molecular weight is 381 g/mol. The van der Waals surface area contributed by atoms with Gasteiger partial charge in [-0.25, -0.2) is 13.1 Å². The molecule has 0 radical (unpaired) electrons. The summed E-state index contributed by atoms with van der Waals surface area (Å²) in [6.07, 6.45) is 0.110. The molecule has 0 bridgehead atoms. The second-order valence-electron chi connectivity index (χ2n) is 5.68. The number of benzene rings is 2. The van der Waals surface area contributed by atoms with E-state index in [1.54, 1.807) is 36.3 Å². The Labute approximate surface area is 151 Å². The van der Waals surface area contributed by atoms with E-state index in [1.807, 2.05) is 0 Å². The van der Waals surface area contributed by atoms with Gasteiger partial charge in [0.25, 0.3) is 0 Å². The molecule has 1 aliphatic rings. The number of rotatable bonds is 5. The summed E-state index contributed by atoms with van der Waals surface area (Å²) in [7, 11) is -2.14. The number of carbonyl (C=O) groups is 1. The maximum absolute atomic E-state index is 12.4. The van der Waals surface area contributed by atoms with Crippen molar-refractivity contribution in [2.45, 2.75) is 17.4 Å². The van der Waals surface area contributed by atoms with E-state index in [0.29, 0.717) is 16.5 Å². The van der Waals surface area contributed by atoms with Crippen molar-refractivity contribution in [3.63, 3.8) is 0 Å². The third-order valence-electron chi connectivity index (χ3n) is 3.95. The number of ether oxygens (including phenoxy) is 1. The zero-order valence-electron chi connectivity index (χ0n) is 13.5. The number of carbonyl (C=O) groups excluding carboxylic acids is 1. The van der Waals surface area contributed by atoms with E-state index in [-0.39, 0.29) is 23.8 Å².